The van der Waals surface area contributed by atoms with Crippen LogP contribution in [0.25, 0.3) is 5.57 Å². The molecule has 1 aromatic carbocycles. The molecule has 0 saturated carbocycles. The molecule has 0 bridgehead atoms. The minimum Gasteiger partial charge on any atom is -0.380 e. The molecule has 1 fully saturated rings. The number of hydrogen-bond donors (Lipinski definition) is 3. The van der Waals surface area contributed by atoms with Gasteiger partial charge in [-0.2, -0.15) is 0 Å². The first-order valence-corrected chi connectivity index (χ1v) is 12.2. The number of allylic oxidation sites excluding steroid dienone is 3. The zero-order chi connectivity index (χ0) is 25.5. The number of carbonyl (C=O) groups excluding carboxylic acids is 1. The van der Waals surface area contributed by atoms with Gasteiger partial charge >= 0.3 is 0 Å². The molecule has 1 unspecified atom stereocenters. The normalized spacial score (nSPS) is 16.4. The maximum Gasteiger partial charge on any atom is 0.126 e. The number of carbonyl (C=O) groups is 1. The molecular formula is C27H35ClFN5O. The van der Waals surface area contributed by atoms with Crippen LogP contribution in [0, 0.1) is 11.7 Å². The van der Waals surface area contributed by atoms with E-state index in [1.165, 1.54) is 12.1 Å². The summed E-state index contributed by atoms with van der Waals surface area (Å²) in [4.78, 5) is 18.7. The van der Waals surface area contributed by atoms with Crippen molar-refractivity contribution in [1.29, 1.82) is 0 Å². The Balaban J connectivity index is 0.000000456. The predicted octanol–water partition coefficient (Wildman–Crippen LogP) is 5.62. The van der Waals surface area contributed by atoms with E-state index in [0.29, 0.717) is 17.5 Å². The molecule has 1 aromatic heterocycles. The van der Waals surface area contributed by atoms with E-state index in [9.17, 15) is 9.18 Å². The highest BCUT2D eigenvalue weighted by atomic mass is 35.5. The van der Waals surface area contributed by atoms with Crippen LogP contribution in [0.2, 0.25) is 5.02 Å². The van der Waals surface area contributed by atoms with Crippen molar-refractivity contribution in [3.8, 4) is 0 Å². The second-order valence-corrected chi connectivity index (χ2v) is 8.59. The molecule has 0 spiro atoms. The molecule has 2 aromatic rings. The quantitative estimate of drug-likeness (QED) is 0.308. The number of benzene rings is 1. The Morgan fingerprint density at radius 3 is 2.83 bits per heavy atom. The van der Waals surface area contributed by atoms with Crippen molar-refractivity contribution in [2.45, 2.75) is 39.7 Å². The lowest BCUT2D eigenvalue weighted by Crippen LogP contribution is -2.30. The number of hydrogen-bond acceptors (Lipinski definition) is 6. The van der Waals surface area contributed by atoms with Gasteiger partial charge in [-0.1, -0.05) is 36.7 Å². The zero-order valence-corrected chi connectivity index (χ0v) is 21.4. The maximum atomic E-state index is 13.3. The van der Waals surface area contributed by atoms with Crippen LogP contribution in [0.15, 0.2) is 59.5 Å². The summed E-state index contributed by atoms with van der Waals surface area (Å²) in [6, 6.07) is 8.42. The molecule has 0 amide bonds. The van der Waals surface area contributed by atoms with Crippen molar-refractivity contribution in [3.63, 3.8) is 0 Å². The van der Waals surface area contributed by atoms with E-state index in [-0.39, 0.29) is 5.82 Å². The van der Waals surface area contributed by atoms with E-state index in [0.717, 1.165) is 66.9 Å². The Morgan fingerprint density at radius 1 is 1.37 bits per heavy atom. The van der Waals surface area contributed by atoms with Crippen LogP contribution < -0.4 is 16.0 Å². The largest absolute Gasteiger partial charge is 0.380 e. The molecule has 0 radical (unpaired) electrons. The number of nitrogens with one attached hydrogen (secondary N) is 3. The van der Waals surface area contributed by atoms with E-state index in [1.807, 2.05) is 32.2 Å². The Labute approximate surface area is 212 Å². The van der Waals surface area contributed by atoms with Gasteiger partial charge in [-0.3, -0.25) is 4.99 Å². The fourth-order valence-corrected chi connectivity index (χ4v) is 3.67. The number of aldehydes is 1. The molecule has 1 atom stereocenters. The highest BCUT2D eigenvalue weighted by molar-refractivity contribution is 6.32. The molecule has 1 aliphatic rings. The van der Waals surface area contributed by atoms with Gasteiger partial charge in [-0.25, -0.2) is 9.37 Å². The lowest BCUT2D eigenvalue weighted by atomic mass is 10.0. The van der Waals surface area contributed by atoms with Crippen LogP contribution in [-0.4, -0.2) is 37.6 Å². The first kappa shape index (κ1) is 28.2. The Kier molecular flexibility index (Phi) is 12.7. The molecule has 0 aliphatic carbocycles. The van der Waals surface area contributed by atoms with Gasteiger partial charge in [-0.15, -0.1) is 0 Å². The van der Waals surface area contributed by atoms with Crippen molar-refractivity contribution < 1.29 is 9.18 Å². The second kappa shape index (κ2) is 15.8. The molecule has 3 N–H and O–H groups in total. The second-order valence-electron chi connectivity index (χ2n) is 8.18. The number of anilines is 1. The Bertz CT molecular complexity index is 1030. The fraction of sp³-hybridized carbons (Fsp3) is 0.370. The van der Waals surface area contributed by atoms with Gasteiger partial charge in [-0.05, 0) is 62.1 Å². The summed E-state index contributed by atoms with van der Waals surface area (Å²) in [5, 5.41) is 10.0. The van der Waals surface area contributed by atoms with E-state index < -0.39 is 0 Å². The summed E-state index contributed by atoms with van der Waals surface area (Å²) in [5.41, 5.74) is 3.56. The monoisotopic (exact) mass is 499 g/mol. The topological polar surface area (TPSA) is 78.4 Å². The molecule has 1 saturated heterocycles. The third-order valence-electron chi connectivity index (χ3n) is 5.36. The first-order valence-electron chi connectivity index (χ1n) is 11.8. The highest BCUT2D eigenvalue weighted by Crippen LogP contribution is 2.25. The van der Waals surface area contributed by atoms with Crippen molar-refractivity contribution >= 4 is 35.5 Å². The summed E-state index contributed by atoms with van der Waals surface area (Å²) < 4.78 is 13.3. The van der Waals surface area contributed by atoms with Crippen LogP contribution in [0.1, 0.15) is 44.2 Å². The van der Waals surface area contributed by atoms with Gasteiger partial charge in [0.1, 0.15) is 17.9 Å². The van der Waals surface area contributed by atoms with Crippen LogP contribution in [0.4, 0.5) is 10.2 Å². The predicted molar refractivity (Wildman–Crippen MR) is 144 cm³/mol. The summed E-state index contributed by atoms with van der Waals surface area (Å²) in [7, 11) is 1.81. The molecule has 6 nitrogen and oxygen atoms in total. The molecule has 3 rings (SSSR count). The highest BCUT2D eigenvalue weighted by Gasteiger charge is 2.10. The summed E-state index contributed by atoms with van der Waals surface area (Å²) in [6.07, 6.45) is 11.3. The van der Waals surface area contributed by atoms with Gasteiger partial charge in [0.25, 0.3) is 0 Å². The smallest absolute Gasteiger partial charge is 0.126 e. The molecule has 2 heterocycles. The summed E-state index contributed by atoms with van der Waals surface area (Å²) in [5.74, 6) is 0.802. The standard InChI is InChI=1S/C21H24ClFN4.C6H11NO/c1-4-6-18(26-12-16-7-5-8-17(23)9-16)13-25-11-15(2)19-10-21(24-3)27-14-20(19)22;8-5-6-2-1-3-7-4-6/h5-11,13-14,26H,4,12H2,1-3H3,(H,24,27);5-7H,1-4H2/b15-11+,18-6-,25-13+;. The van der Waals surface area contributed by atoms with Crippen molar-refractivity contribution in [1.82, 2.24) is 15.6 Å². The van der Waals surface area contributed by atoms with Crippen LogP contribution in [-0.2, 0) is 11.3 Å². The average molecular weight is 500 g/mol. The minimum atomic E-state index is -0.238. The molecule has 8 heteroatoms. The first-order chi connectivity index (χ1) is 17.0. The van der Waals surface area contributed by atoms with Crippen LogP contribution in [0.5, 0.6) is 0 Å². The number of aliphatic imine (C=N–C) groups is 1. The molecule has 35 heavy (non-hydrogen) atoms. The summed E-state index contributed by atoms with van der Waals surface area (Å²) in [6.45, 7) is 6.50. The fourth-order valence-electron chi connectivity index (χ4n) is 3.41. The number of aromatic nitrogens is 1. The van der Waals surface area contributed by atoms with Gasteiger partial charge in [0, 0.05) is 55.9 Å². The van der Waals surface area contributed by atoms with Gasteiger partial charge < -0.3 is 20.7 Å². The van der Waals surface area contributed by atoms with E-state index in [4.69, 9.17) is 11.6 Å². The third-order valence-corrected chi connectivity index (χ3v) is 5.66. The van der Waals surface area contributed by atoms with Crippen LogP contribution >= 0.6 is 11.6 Å². The minimum absolute atomic E-state index is 0.238. The van der Waals surface area contributed by atoms with Gasteiger partial charge in [0.2, 0.25) is 0 Å². The van der Waals surface area contributed by atoms with E-state index in [1.54, 1.807) is 24.7 Å². The zero-order valence-electron chi connectivity index (χ0n) is 20.7. The number of rotatable bonds is 9. The Morgan fingerprint density at radius 2 is 2.20 bits per heavy atom. The van der Waals surface area contributed by atoms with Crippen molar-refractivity contribution in [2.24, 2.45) is 10.9 Å². The SMILES string of the molecule is CC/C=C(/C=N/C=C(\C)c1cc(NC)ncc1Cl)NCc1cccc(F)c1.O=CC1CCCNC1. The third kappa shape index (κ3) is 10.4. The number of halogens is 2. The lowest BCUT2D eigenvalue weighted by Gasteiger charge is -2.16. The maximum absolute atomic E-state index is 13.3. The molecule has 188 valence electrons. The van der Waals surface area contributed by atoms with Gasteiger partial charge in [0.05, 0.1) is 5.02 Å². The lowest BCUT2D eigenvalue weighted by molar-refractivity contribution is -0.111. The van der Waals surface area contributed by atoms with Crippen molar-refractivity contribution in [2.75, 3.05) is 25.5 Å². The van der Waals surface area contributed by atoms with Gasteiger partial charge in [0.15, 0.2) is 0 Å². The van der Waals surface area contributed by atoms with E-state index in [2.05, 4.69) is 32.9 Å². The number of nitrogens with zero attached hydrogens (tertiary/aromatic N) is 2. The summed E-state index contributed by atoms with van der Waals surface area (Å²) >= 11 is 6.23. The number of pyridine rings is 1. The molecular weight excluding hydrogens is 465 g/mol. The van der Waals surface area contributed by atoms with Crippen LogP contribution in [0.3, 0.4) is 0 Å². The average Bonchev–Trinajstić information content (AvgIpc) is 2.88. The van der Waals surface area contributed by atoms with E-state index >= 15 is 0 Å². The van der Waals surface area contributed by atoms with Crippen molar-refractivity contribution in [3.05, 3.63) is 76.5 Å². The number of piperidine rings is 1. The molecule has 1 aliphatic heterocycles. The Hall–Kier alpha value is -3.03.